The number of allylic oxidation sites excluding steroid dienone is 3. The Labute approximate surface area is 226 Å². The topological polar surface area (TPSA) is 108 Å². The van der Waals surface area contributed by atoms with Crippen LogP contribution in [0.25, 0.3) is 21.5 Å². The molecule has 5 rings (SSSR count). The molecule has 0 spiro atoms. The molecule has 1 heterocycles. The van der Waals surface area contributed by atoms with Gasteiger partial charge in [0, 0.05) is 23.1 Å². The number of benzene rings is 3. The minimum atomic E-state index is -0.683. The molecule has 0 radical (unpaired) electrons. The van der Waals surface area contributed by atoms with Crippen molar-refractivity contribution in [3.63, 3.8) is 0 Å². The van der Waals surface area contributed by atoms with Crippen LogP contribution in [0, 0.1) is 16.5 Å². The van der Waals surface area contributed by atoms with Crippen molar-refractivity contribution in [2.24, 2.45) is 11.3 Å². The van der Waals surface area contributed by atoms with Crippen LogP contribution < -0.4 is 14.7 Å². The van der Waals surface area contributed by atoms with E-state index in [0.29, 0.717) is 34.3 Å². The third-order valence-electron chi connectivity index (χ3n) is 7.81. The number of anilines is 1. The van der Waals surface area contributed by atoms with Crippen LogP contribution in [0.2, 0.25) is 0 Å². The highest BCUT2D eigenvalue weighted by Crippen LogP contribution is 2.49. The van der Waals surface area contributed by atoms with E-state index in [1.165, 1.54) is 12.1 Å². The number of rotatable bonds is 8. The average Bonchev–Trinajstić information content (AvgIpc) is 3.40. The van der Waals surface area contributed by atoms with Crippen LogP contribution in [-0.2, 0) is 9.53 Å². The molecule has 0 bridgehead atoms. The third kappa shape index (κ3) is 4.56. The lowest BCUT2D eigenvalue weighted by Crippen LogP contribution is -2.33. The lowest BCUT2D eigenvalue weighted by atomic mass is 9.64. The summed E-state index contributed by atoms with van der Waals surface area (Å²) in [4.78, 5) is 25.3. The Morgan fingerprint density at radius 3 is 2.79 bits per heavy atom. The molecular formula is C31H30NO7-. The summed E-state index contributed by atoms with van der Waals surface area (Å²) in [6.07, 6.45) is 6.17. The number of hydrogen-bond acceptors (Lipinski definition) is 8. The van der Waals surface area contributed by atoms with Gasteiger partial charge in [-0.2, -0.15) is 0 Å². The zero-order valence-corrected chi connectivity index (χ0v) is 21.9. The molecule has 0 aromatic heterocycles. The summed E-state index contributed by atoms with van der Waals surface area (Å²) in [7, 11) is 0. The fourth-order valence-electron chi connectivity index (χ4n) is 5.97. The maximum atomic E-state index is 13.6. The van der Waals surface area contributed by atoms with Crippen molar-refractivity contribution in [1.29, 1.82) is 0 Å². The fourth-order valence-corrected chi connectivity index (χ4v) is 5.97. The zero-order valence-electron chi connectivity index (χ0n) is 21.9. The lowest BCUT2D eigenvalue weighted by molar-refractivity contribution is -0.105. The van der Waals surface area contributed by atoms with Gasteiger partial charge in [-0.25, -0.2) is 4.79 Å². The van der Waals surface area contributed by atoms with Crippen molar-refractivity contribution in [3.8, 4) is 11.5 Å². The van der Waals surface area contributed by atoms with E-state index in [9.17, 15) is 20.0 Å². The van der Waals surface area contributed by atoms with Crippen LogP contribution in [0.1, 0.15) is 43.5 Å². The van der Waals surface area contributed by atoms with Crippen molar-refractivity contribution in [3.05, 3.63) is 83.6 Å². The first-order chi connectivity index (χ1) is 18.7. The van der Waals surface area contributed by atoms with E-state index in [1.807, 2.05) is 24.3 Å². The molecule has 8 nitrogen and oxygen atoms in total. The molecule has 3 aromatic carbocycles. The largest absolute Gasteiger partial charge is 0.733 e. The Balaban J connectivity index is 1.54. The minimum Gasteiger partial charge on any atom is -0.733 e. The summed E-state index contributed by atoms with van der Waals surface area (Å²) in [6, 6.07) is 10.3. The van der Waals surface area contributed by atoms with Crippen LogP contribution in [0.3, 0.4) is 0 Å². The summed E-state index contributed by atoms with van der Waals surface area (Å²) in [5.41, 5.74) is 1.04. The van der Waals surface area contributed by atoms with Crippen LogP contribution >= 0.6 is 0 Å². The number of nitrogens with zero attached hydrogens (tertiary/aromatic N) is 1. The van der Waals surface area contributed by atoms with E-state index in [2.05, 4.69) is 26.2 Å². The normalized spacial score (nSPS) is 20.8. The molecule has 3 atom stereocenters. The molecule has 1 aliphatic heterocycles. The molecule has 0 saturated carbocycles. The van der Waals surface area contributed by atoms with E-state index in [-0.39, 0.29) is 40.0 Å². The molecule has 0 amide bonds. The maximum absolute atomic E-state index is 13.6. The molecule has 0 fully saturated rings. The Morgan fingerprint density at radius 1 is 1.31 bits per heavy atom. The highest BCUT2D eigenvalue weighted by atomic mass is 16.8. The fraction of sp³-hybridized carbons (Fsp3) is 0.290. The number of carbonyl (C=O) groups is 2. The second kappa shape index (κ2) is 10.2. The molecule has 0 saturated heterocycles. The van der Waals surface area contributed by atoms with E-state index < -0.39 is 12.1 Å². The first kappa shape index (κ1) is 26.5. The summed E-state index contributed by atoms with van der Waals surface area (Å²) < 4.78 is 17.2. The summed E-state index contributed by atoms with van der Waals surface area (Å²) >= 11 is 0. The molecule has 2 aliphatic rings. The Kier molecular flexibility index (Phi) is 6.92. The molecular weight excluding hydrogens is 498 g/mol. The standard InChI is InChI=1S/C31H30NO7/c1-5-31(4)12-8-10-21(28(31)18(2)16-33)13-19(3)39-30(34)23-15-25-29(38-17-37-25)27-22-11-7-6-9-20(22)14-24(26(23)27)32(35)36/h5-7,9-11,14-16,19,28,35H,1-2,8,12-13,17H2,3-4H3/q-1/t19-,28-,31+/m1/s1. The predicted octanol–water partition coefficient (Wildman–Crippen LogP) is 6.63. The molecule has 0 unspecified atom stereocenters. The number of aldehydes is 1. The Bertz CT molecular complexity index is 1540. The molecule has 202 valence electrons. The van der Waals surface area contributed by atoms with Crippen molar-refractivity contribution in [2.75, 3.05) is 12.0 Å². The lowest BCUT2D eigenvalue weighted by Gasteiger charge is -2.40. The monoisotopic (exact) mass is 528 g/mol. The second-order valence-electron chi connectivity index (χ2n) is 10.4. The number of esters is 1. The van der Waals surface area contributed by atoms with E-state index in [0.717, 1.165) is 30.1 Å². The van der Waals surface area contributed by atoms with Gasteiger partial charge in [-0.1, -0.05) is 55.5 Å². The number of carbonyl (C=O) groups excluding carboxylic acids is 2. The van der Waals surface area contributed by atoms with Gasteiger partial charge in [-0.3, -0.25) is 10.0 Å². The summed E-state index contributed by atoms with van der Waals surface area (Å²) in [5, 5.41) is 24.1. The van der Waals surface area contributed by atoms with Crippen LogP contribution in [0.4, 0.5) is 5.69 Å². The first-order valence-corrected chi connectivity index (χ1v) is 12.8. The van der Waals surface area contributed by atoms with E-state index in [4.69, 9.17) is 14.2 Å². The number of fused-ring (bicyclic) bond motifs is 5. The molecule has 1 N–H and O–H groups in total. The maximum Gasteiger partial charge on any atom is 0.339 e. The number of hydrogen-bond donors (Lipinski definition) is 1. The third-order valence-corrected chi connectivity index (χ3v) is 7.81. The SMILES string of the molecule is C=C[C@@]1(C)CCC=C(C[C@@H](C)OC(=O)c2cc3c(c4c2c(N([O-])O)cc2ccccc24)OCO3)[C@H]1C(=C)C=O. The highest BCUT2D eigenvalue weighted by Gasteiger charge is 2.38. The highest BCUT2D eigenvalue weighted by molar-refractivity contribution is 6.22. The Hall–Kier alpha value is -4.14. The predicted molar refractivity (Wildman–Crippen MR) is 149 cm³/mol. The zero-order chi connectivity index (χ0) is 27.9. The van der Waals surface area contributed by atoms with E-state index in [1.54, 1.807) is 13.0 Å². The Morgan fingerprint density at radius 2 is 2.08 bits per heavy atom. The van der Waals surface area contributed by atoms with Gasteiger partial charge in [0.05, 0.1) is 11.3 Å². The van der Waals surface area contributed by atoms with Gasteiger partial charge in [-0.05, 0) is 53.7 Å². The quantitative estimate of drug-likeness (QED) is 0.0866. The van der Waals surface area contributed by atoms with Crippen molar-refractivity contribution < 1.29 is 29.0 Å². The van der Waals surface area contributed by atoms with Gasteiger partial charge in [0.1, 0.15) is 12.4 Å². The summed E-state index contributed by atoms with van der Waals surface area (Å²) in [6.45, 7) is 11.7. The average molecular weight is 529 g/mol. The van der Waals surface area contributed by atoms with Crippen molar-refractivity contribution in [2.45, 2.75) is 39.2 Å². The molecule has 39 heavy (non-hydrogen) atoms. The number of ether oxygens (including phenoxy) is 3. The second-order valence-corrected chi connectivity index (χ2v) is 10.4. The van der Waals surface area contributed by atoms with Crippen LogP contribution in [0.15, 0.2) is 72.9 Å². The van der Waals surface area contributed by atoms with Crippen LogP contribution in [0.5, 0.6) is 11.5 Å². The first-order valence-electron chi connectivity index (χ1n) is 12.8. The van der Waals surface area contributed by atoms with Gasteiger partial charge >= 0.3 is 5.97 Å². The van der Waals surface area contributed by atoms with Crippen LogP contribution in [-0.4, -0.2) is 30.4 Å². The van der Waals surface area contributed by atoms with Crippen molar-refractivity contribution >= 4 is 39.5 Å². The smallest absolute Gasteiger partial charge is 0.339 e. The van der Waals surface area contributed by atoms with Gasteiger partial charge in [-0.15, -0.1) is 6.58 Å². The van der Waals surface area contributed by atoms with Gasteiger partial charge < -0.3 is 24.6 Å². The van der Waals surface area contributed by atoms with E-state index >= 15 is 0 Å². The van der Waals surface area contributed by atoms with Gasteiger partial charge in [0.25, 0.3) is 0 Å². The molecule has 3 aromatic rings. The van der Waals surface area contributed by atoms with Gasteiger partial charge in [0.2, 0.25) is 6.79 Å². The summed E-state index contributed by atoms with van der Waals surface area (Å²) in [5.74, 6) is -0.187. The molecule has 8 heteroatoms. The van der Waals surface area contributed by atoms with Crippen molar-refractivity contribution in [1.82, 2.24) is 0 Å². The molecule has 1 aliphatic carbocycles. The minimum absolute atomic E-state index is 0.0453. The van der Waals surface area contributed by atoms with Gasteiger partial charge in [0.15, 0.2) is 11.5 Å².